The highest BCUT2D eigenvalue weighted by Gasteiger charge is 2.34. The predicted molar refractivity (Wildman–Crippen MR) is 55.9 cm³/mol. The number of carbonyl (C=O) groups is 1. The lowest BCUT2D eigenvalue weighted by atomic mass is 10.3. The minimum absolute atomic E-state index is 0.00824. The molecule has 15 heavy (non-hydrogen) atoms. The van der Waals surface area contributed by atoms with Gasteiger partial charge >= 0.3 is 0 Å². The van der Waals surface area contributed by atoms with Crippen molar-refractivity contribution in [3.8, 4) is 0 Å². The molecule has 2 N–H and O–H groups in total. The first kappa shape index (κ1) is 10.2. The van der Waals surface area contributed by atoms with Crippen LogP contribution in [0, 0.1) is 0 Å². The van der Waals surface area contributed by atoms with Crippen molar-refractivity contribution in [1.82, 2.24) is 4.90 Å². The molecule has 0 aromatic carbocycles. The van der Waals surface area contributed by atoms with Crippen LogP contribution in [0.2, 0.25) is 0 Å². The zero-order valence-electron chi connectivity index (χ0n) is 8.85. The van der Waals surface area contributed by atoms with Crippen LogP contribution in [0.4, 0.5) is 0 Å². The molecular weight excluding hydrogens is 192 g/mol. The Morgan fingerprint density at radius 2 is 2.47 bits per heavy atom. The van der Waals surface area contributed by atoms with Crippen molar-refractivity contribution in [3.63, 3.8) is 0 Å². The number of hydrogen-bond donors (Lipinski definition) is 1. The van der Waals surface area contributed by atoms with E-state index in [0.29, 0.717) is 12.6 Å². The SMILES string of the molecule is C[C@@H](N)C(=O)N(Cc1ccco1)C1CC1. The van der Waals surface area contributed by atoms with Gasteiger partial charge in [0.15, 0.2) is 0 Å². The van der Waals surface area contributed by atoms with E-state index in [9.17, 15) is 4.79 Å². The molecule has 0 saturated heterocycles. The summed E-state index contributed by atoms with van der Waals surface area (Å²) in [6, 6.07) is 3.65. The van der Waals surface area contributed by atoms with Crippen molar-refractivity contribution >= 4 is 5.91 Å². The molecule has 4 heteroatoms. The maximum Gasteiger partial charge on any atom is 0.239 e. The Morgan fingerprint density at radius 3 is 2.93 bits per heavy atom. The van der Waals surface area contributed by atoms with Crippen molar-refractivity contribution in [1.29, 1.82) is 0 Å². The Balaban J connectivity index is 2.03. The summed E-state index contributed by atoms with van der Waals surface area (Å²) in [6.07, 6.45) is 3.79. The van der Waals surface area contributed by atoms with Gasteiger partial charge < -0.3 is 15.1 Å². The van der Waals surface area contributed by atoms with Gasteiger partial charge in [0.2, 0.25) is 5.91 Å². The molecule has 0 unspecified atom stereocenters. The summed E-state index contributed by atoms with van der Waals surface area (Å²) in [6.45, 7) is 2.26. The highest BCUT2D eigenvalue weighted by Crippen LogP contribution is 2.28. The summed E-state index contributed by atoms with van der Waals surface area (Å²) in [4.78, 5) is 13.6. The third-order valence-electron chi connectivity index (χ3n) is 2.57. The fourth-order valence-corrected chi connectivity index (χ4v) is 1.61. The Bertz CT molecular complexity index is 328. The van der Waals surface area contributed by atoms with Crippen LogP contribution >= 0.6 is 0 Å². The molecule has 1 aromatic heterocycles. The van der Waals surface area contributed by atoms with Crippen molar-refractivity contribution in [2.75, 3.05) is 0 Å². The van der Waals surface area contributed by atoms with Crippen LogP contribution in [0.1, 0.15) is 25.5 Å². The van der Waals surface area contributed by atoms with E-state index in [1.54, 1.807) is 13.2 Å². The Labute approximate surface area is 89.0 Å². The maximum atomic E-state index is 11.8. The van der Waals surface area contributed by atoms with Gasteiger partial charge in [0.1, 0.15) is 5.76 Å². The molecule has 1 atom stereocenters. The number of nitrogens with zero attached hydrogens (tertiary/aromatic N) is 1. The van der Waals surface area contributed by atoms with Gasteiger partial charge in [0, 0.05) is 6.04 Å². The zero-order valence-corrected chi connectivity index (χ0v) is 8.85. The minimum atomic E-state index is -0.430. The summed E-state index contributed by atoms with van der Waals surface area (Å²) < 4.78 is 5.24. The van der Waals surface area contributed by atoms with Crippen LogP contribution in [0.3, 0.4) is 0 Å². The van der Waals surface area contributed by atoms with Crippen molar-refractivity contribution < 1.29 is 9.21 Å². The minimum Gasteiger partial charge on any atom is -0.467 e. The second kappa shape index (κ2) is 4.06. The maximum absolute atomic E-state index is 11.8. The molecule has 1 saturated carbocycles. The molecule has 1 fully saturated rings. The summed E-state index contributed by atoms with van der Waals surface area (Å²) in [5.41, 5.74) is 5.61. The number of rotatable bonds is 4. The van der Waals surface area contributed by atoms with E-state index in [-0.39, 0.29) is 5.91 Å². The second-order valence-electron chi connectivity index (χ2n) is 4.07. The Kier molecular flexibility index (Phi) is 2.77. The molecule has 1 amide bonds. The largest absolute Gasteiger partial charge is 0.467 e. The van der Waals surface area contributed by atoms with E-state index in [2.05, 4.69) is 0 Å². The van der Waals surface area contributed by atoms with Crippen LogP contribution in [-0.4, -0.2) is 22.9 Å². The Morgan fingerprint density at radius 1 is 1.73 bits per heavy atom. The van der Waals surface area contributed by atoms with Crippen LogP contribution < -0.4 is 5.73 Å². The van der Waals surface area contributed by atoms with Crippen LogP contribution in [0.15, 0.2) is 22.8 Å². The second-order valence-corrected chi connectivity index (χ2v) is 4.07. The van der Waals surface area contributed by atoms with Gasteiger partial charge in [0.25, 0.3) is 0 Å². The first-order chi connectivity index (χ1) is 7.18. The van der Waals surface area contributed by atoms with E-state index in [1.165, 1.54) is 0 Å². The molecule has 1 aliphatic rings. The highest BCUT2D eigenvalue weighted by atomic mass is 16.3. The van der Waals surface area contributed by atoms with Crippen molar-refractivity contribution in [2.24, 2.45) is 5.73 Å². The van der Waals surface area contributed by atoms with Gasteiger partial charge in [-0.05, 0) is 31.9 Å². The number of hydrogen-bond acceptors (Lipinski definition) is 3. The smallest absolute Gasteiger partial charge is 0.239 e. The fourth-order valence-electron chi connectivity index (χ4n) is 1.61. The van der Waals surface area contributed by atoms with Gasteiger partial charge in [-0.1, -0.05) is 0 Å². The average Bonchev–Trinajstić information content (AvgIpc) is 2.92. The highest BCUT2D eigenvalue weighted by molar-refractivity contribution is 5.81. The third-order valence-corrected chi connectivity index (χ3v) is 2.57. The monoisotopic (exact) mass is 208 g/mol. The molecule has 1 aromatic rings. The van der Waals surface area contributed by atoms with Gasteiger partial charge in [-0.15, -0.1) is 0 Å². The van der Waals surface area contributed by atoms with Crippen molar-refractivity contribution in [2.45, 2.75) is 38.4 Å². The number of carbonyl (C=O) groups excluding carboxylic acids is 1. The van der Waals surface area contributed by atoms with E-state index in [1.807, 2.05) is 17.0 Å². The number of nitrogens with two attached hydrogens (primary N) is 1. The molecule has 82 valence electrons. The first-order valence-electron chi connectivity index (χ1n) is 5.27. The molecule has 0 bridgehead atoms. The molecule has 0 radical (unpaired) electrons. The number of furan rings is 1. The average molecular weight is 208 g/mol. The van der Waals surface area contributed by atoms with Crippen molar-refractivity contribution in [3.05, 3.63) is 24.2 Å². The molecule has 1 heterocycles. The molecule has 2 rings (SSSR count). The van der Waals surface area contributed by atoms with E-state index < -0.39 is 6.04 Å². The quantitative estimate of drug-likeness (QED) is 0.806. The van der Waals surface area contributed by atoms with Gasteiger partial charge in [-0.2, -0.15) is 0 Å². The summed E-state index contributed by atoms with van der Waals surface area (Å²) >= 11 is 0. The summed E-state index contributed by atoms with van der Waals surface area (Å²) in [5, 5.41) is 0. The summed E-state index contributed by atoms with van der Waals surface area (Å²) in [7, 11) is 0. The van der Waals surface area contributed by atoms with Crippen LogP contribution in [0.25, 0.3) is 0 Å². The van der Waals surface area contributed by atoms with Gasteiger partial charge in [-0.3, -0.25) is 4.79 Å². The van der Waals surface area contributed by atoms with Crippen LogP contribution in [-0.2, 0) is 11.3 Å². The van der Waals surface area contributed by atoms with Gasteiger partial charge in [0.05, 0.1) is 18.8 Å². The van der Waals surface area contributed by atoms with E-state index >= 15 is 0 Å². The zero-order chi connectivity index (χ0) is 10.8. The van der Waals surface area contributed by atoms with Crippen LogP contribution in [0.5, 0.6) is 0 Å². The third kappa shape index (κ3) is 2.39. The lowest BCUT2D eigenvalue weighted by Gasteiger charge is -2.23. The van der Waals surface area contributed by atoms with Gasteiger partial charge in [-0.25, -0.2) is 0 Å². The molecule has 0 aliphatic heterocycles. The van der Waals surface area contributed by atoms with E-state index in [4.69, 9.17) is 10.2 Å². The lowest BCUT2D eigenvalue weighted by Crippen LogP contribution is -2.42. The van der Waals surface area contributed by atoms with E-state index in [0.717, 1.165) is 18.6 Å². The predicted octanol–water partition coefficient (Wildman–Crippen LogP) is 1.12. The fraction of sp³-hybridized carbons (Fsp3) is 0.545. The lowest BCUT2D eigenvalue weighted by molar-refractivity contribution is -0.133. The molecule has 4 nitrogen and oxygen atoms in total. The molecular formula is C11H16N2O2. The first-order valence-corrected chi connectivity index (χ1v) is 5.27. The Hall–Kier alpha value is -1.29. The molecule has 1 aliphatic carbocycles. The standard InChI is InChI=1S/C11H16N2O2/c1-8(12)11(14)13(9-4-5-9)7-10-3-2-6-15-10/h2-3,6,8-9H,4-5,7,12H2,1H3/t8-/m1/s1. The molecule has 0 spiro atoms. The number of amides is 1. The topological polar surface area (TPSA) is 59.5 Å². The normalized spacial score (nSPS) is 17.5. The summed E-state index contributed by atoms with van der Waals surface area (Å²) in [5.74, 6) is 0.824.